The van der Waals surface area contributed by atoms with Crippen molar-refractivity contribution in [1.82, 2.24) is 0 Å². The monoisotopic (exact) mass is 248 g/mol. The molecule has 0 N–H and O–H groups in total. The molecule has 12 heavy (non-hydrogen) atoms. The molecule has 0 bridgehead atoms. The summed E-state index contributed by atoms with van der Waals surface area (Å²) in [5, 5.41) is -0.460. The molecule has 1 fully saturated rings. The molecule has 0 spiro atoms. The molecule has 0 nitrogen and oxygen atoms in total. The Morgan fingerprint density at radius 3 is 1.33 bits per heavy atom. The van der Waals surface area contributed by atoms with Gasteiger partial charge in [-0.1, -0.05) is 12.8 Å². The highest BCUT2D eigenvalue weighted by atomic mass is 35.5. The molecule has 0 amide bonds. The van der Waals surface area contributed by atoms with Crippen LogP contribution >= 0.6 is 46.4 Å². The minimum atomic E-state index is -0.198. The predicted octanol–water partition coefficient (Wildman–Crippen LogP) is 3.99. The first-order valence-electron chi connectivity index (χ1n) is 4.19. The van der Waals surface area contributed by atoms with Crippen LogP contribution in [0.25, 0.3) is 0 Å². The molecule has 0 radical (unpaired) electrons. The number of hydrogen-bond acceptors (Lipinski definition) is 0. The van der Waals surface area contributed by atoms with E-state index in [-0.39, 0.29) is 21.5 Å². The summed E-state index contributed by atoms with van der Waals surface area (Å²) >= 11 is 24.1. The Morgan fingerprint density at radius 1 is 0.667 bits per heavy atom. The van der Waals surface area contributed by atoms with Gasteiger partial charge in [0.15, 0.2) is 0 Å². The zero-order valence-electron chi connectivity index (χ0n) is 6.65. The predicted molar refractivity (Wildman–Crippen MR) is 57.0 cm³/mol. The smallest absolute Gasteiger partial charge is 0.0677 e. The highest BCUT2D eigenvalue weighted by Gasteiger charge is 2.31. The minimum absolute atomic E-state index is 0.0317. The Bertz CT molecular complexity index is 123. The molecule has 0 aromatic heterocycles. The first kappa shape index (κ1) is 11.2. The van der Waals surface area contributed by atoms with Crippen molar-refractivity contribution < 1.29 is 0 Å². The normalized spacial score (nSPS) is 45.0. The molecule has 4 heteroatoms. The van der Waals surface area contributed by atoms with Gasteiger partial charge in [-0.3, -0.25) is 0 Å². The molecule has 4 unspecified atom stereocenters. The van der Waals surface area contributed by atoms with E-state index in [1.165, 1.54) is 0 Å². The summed E-state index contributed by atoms with van der Waals surface area (Å²) in [4.78, 5) is 0. The Hall–Kier alpha value is 1.16. The summed E-state index contributed by atoms with van der Waals surface area (Å²) in [6.45, 7) is 0. The molecule has 0 heterocycles. The fraction of sp³-hybridized carbons (Fsp3) is 1.00. The van der Waals surface area contributed by atoms with Crippen molar-refractivity contribution in [3.63, 3.8) is 0 Å². The van der Waals surface area contributed by atoms with E-state index in [2.05, 4.69) is 0 Å². The van der Waals surface area contributed by atoms with Gasteiger partial charge in [0.05, 0.1) is 21.5 Å². The van der Waals surface area contributed by atoms with Crippen molar-refractivity contribution in [1.29, 1.82) is 0 Å². The lowest BCUT2D eigenvalue weighted by molar-refractivity contribution is 0.524. The van der Waals surface area contributed by atoms with E-state index < -0.39 is 0 Å². The van der Waals surface area contributed by atoms with Gasteiger partial charge in [0.25, 0.3) is 0 Å². The fourth-order valence-corrected chi connectivity index (χ4v) is 2.77. The van der Waals surface area contributed by atoms with E-state index in [1.54, 1.807) is 0 Å². The van der Waals surface area contributed by atoms with Crippen LogP contribution in [0.1, 0.15) is 25.7 Å². The van der Waals surface area contributed by atoms with Crippen molar-refractivity contribution in [3.05, 3.63) is 0 Å². The zero-order chi connectivity index (χ0) is 9.14. The van der Waals surface area contributed by atoms with Crippen molar-refractivity contribution in [2.75, 3.05) is 0 Å². The molecule has 1 aliphatic rings. The van der Waals surface area contributed by atoms with Gasteiger partial charge >= 0.3 is 0 Å². The molecule has 1 aliphatic carbocycles. The fourth-order valence-electron chi connectivity index (χ4n) is 1.40. The number of halogens is 4. The van der Waals surface area contributed by atoms with Gasteiger partial charge < -0.3 is 0 Å². The van der Waals surface area contributed by atoms with Crippen molar-refractivity contribution in [2.24, 2.45) is 0 Å². The molecule has 72 valence electrons. The van der Waals surface area contributed by atoms with Crippen molar-refractivity contribution in [2.45, 2.75) is 47.2 Å². The highest BCUT2D eigenvalue weighted by molar-refractivity contribution is 6.38. The topological polar surface area (TPSA) is 0 Å². The largest absolute Gasteiger partial charge is 0.121 e. The lowest BCUT2D eigenvalue weighted by Gasteiger charge is -2.27. The van der Waals surface area contributed by atoms with Crippen LogP contribution in [0.3, 0.4) is 0 Å². The SMILES string of the molecule is ClC1CCCCC(Cl)C(Cl)C1Cl. The van der Waals surface area contributed by atoms with Crippen LogP contribution in [0, 0.1) is 0 Å². The summed E-state index contributed by atoms with van der Waals surface area (Å²) in [5.41, 5.74) is 0. The number of alkyl halides is 4. The van der Waals surface area contributed by atoms with Gasteiger partial charge in [-0.2, -0.15) is 0 Å². The van der Waals surface area contributed by atoms with Gasteiger partial charge in [0.2, 0.25) is 0 Å². The maximum Gasteiger partial charge on any atom is 0.0677 e. The van der Waals surface area contributed by atoms with E-state index in [9.17, 15) is 0 Å². The zero-order valence-corrected chi connectivity index (χ0v) is 9.67. The summed E-state index contributed by atoms with van der Waals surface area (Å²) in [7, 11) is 0. The van der Waals surface area contributed by atoms with E-state index >= 15 is 0 Å². The average Bonchev–Trinajstić information content (AvgIpc) is 2.07. The lowest BCUT2D eigenvalue weighted by atomic mass is 9.99. The van der Waals surface area contributed by atoms with E-state index in [0.717, 1.165) is 25.7 Å². The third-order valence-electron chi connectivity index (χ3n) is 2.21. The van der Waals surface area contributed by atoms with E-state index in [1.807, 2.05) is 0 Å². The quantitative estimate of drug-likeness (QED) is 0.570. The first-order chi connectivity index (χ1) is 5.63. The maximum atomic E-state index is 6.04. The molecule has 1 rings (SSSR count). The molecule has 0 saturated heterocycles. The Balaban J connectivity index is 2.55. The highest BCUT2D eigenvalue weighted by Crippen LogP contribution is 2.31. The summed E-state index contributed by atoms with van der Waals surface area (Å²) in [5.74, 6) is 0. The van der Waals surface area contributed by atoms with Crippen LogP contribution in [0.5, 0.6) is 0 Å². The van der Waals surface area contributed by atoms with Gasteiger partial charge in [-0.05, 0) is 12.8 Å². The van der Waals surface area contributed by atoms with Crippen molar-refractivity contribution in [3.8, 4) is 0 Å². The van der Waals surface area contributed by atoms with Crippen LogP contribution in [0.2, 0.25) is 0 Å². The molecule has 0 aliphatic heterocycles. The Labute approximate surface area is 93.5 Å². The van der Waals surface area contributed by atoms with Crippen LogP contribution in [0.4, 0.5) is 0 Å². The molecule has 1 saturated carbocycles. The minimum Gasteiger partial charge on any atom is -0.121 e. The number of hydrogen-bond donors (Lipinski definition) is 0. The molecule has 0 aromatic carbocycles. The molecule has 4 atom stereocenters. The molecular formula is C8H12Cl4. The summed E-state index contributed by atoms with van der Waals surface area (Å²) < 4.78 is 0. The molecule has 0 aromatic rings. The second-order valence-electron chi connectivity index (χ2n) is 3.21. The Kier molecular flexibility index (Phi) is 4.82. The average molecular weight is 250 g/mol. The van der Waals surface area contributed by atoms with Gasteiger partial charge in [-0.15, -0.1) is 46.4 Å². The standard InChI is InChI=1S/C8H12Cl4/c9-5-3-1-2-4-6(10)8(12)7(5)11/h5-8H,1-4H2. The van der Waals surface area contributed by atoms with Gasteiger partial charge in [-0.25, -0.2) is 0 Å². The van der Waals surface area contributed by atoms with Crippen LogP contribution in [-0.4, -0.2) is 21.5 Å². The third-order valence-corrected chi connectivity index (χ3v) is 4.72. The maximum absolute atomic E-state index is 6.04. The number of rotatable bonds is 0. The van der Waals surface area contributed by atoms with Crippen LogP contribution < -0.4 is 0 Å². The first-order valence-corrected chi connectivity index (χ1v) is 5.94. The second-order valence-corrected chi connectivity index (χ2v) is 5.33. The van der Waals surface area contributed by atoms with Crippen molar-refractivity contribution >= 4 is 46.4 Å². The second kappa shape index (κ2) is 5.14. The van der Waals surface area contributed by atoms with Crippen LogP contribution in [-0.2, 0) is 0 Å². The summed E-state index contributed by atoms with van der Waals surface area (Å²) in [6.07, 6.45) is 4.10. The van der Waals surface area contributed by atoms with Gasteiger partial charge in [0, 0.05) is 0 Å². The van der Waals surface area contributed by atoms with Gasteiger partial charge in [0.1, 0.15) is 0 Å². The van der Waals surface area contributed by atoms with E-state index in [0.29, 0.717) is 0 Å². The Morgan fingerprint density at radius 2 is 1.00 bits per heavy atom. The van der Waals surface area contributed by atoms with E-state index in [4.69, 9.17) is 46.4 Å². The third kappa shape index (κ3) is 2.83. The summed E-state index contributed by atoms with van der Waals surface area (Å²) in [6, 6.07) is 0. The van der Waals surface area contributed by atoms with Crippen LogP contribution in [0.15, 0.2) is 0 Å². The lowest BCUT2D eigenvalue weighted by Crippen LogP contribution is -2.34. The molecular weight excluding hydrogens is 238 g/mol.